The normalized spacial score (nSPS) is 12.1. The van der Waals surface area contributed by atoms with Crippen molar-refractivity contribution in [2.75, 3.05) is 13.2 Å². The molecule has 106 valence electrons. The minimum absolute atomic E-state index is 0.187. The number of benzene rings is 1. The summed E-state index contributed by atoms with van der Waals surface area (Å²) in [6, 6.07) is 10.1. The third-order valence-corrected chi connectivity index (χ3v) is 3.00. The summed E-state index contributed by atoms with van der Waals surface area (Å²) in [6.07, 6.45) is 7.20. The Bertz CT molecular complexity index is 476. The lowest BCUT2D eigenvalue weighted by atomic mass is 10.1. The second-order valence-corrected chi connectivity index (χ2v) is 4.59. The van der Waals surface area contributed by atoms with Gasteiger partial charge in [0.25, 0.3) is 0 Å². The molecule has 4 nitrogen and oxygen atoms in total. The zero-order valence-electron chi connectivity index (χ0n) is 11.8. The van der Waals surface area contributed by atoms with Crippen molar-refractivity contribution in [1.29, 1.82) is 0 Å². The van der Waals surface area contributed by atoms with Gasteiger partial charge < -0.3 is 10.1 Å². The Morgan fingerprint density at radius 1 is 1.20 bits per heavy atom. The second kappa shape index (κ2) is 8.27. The SMILES string of the molecule is CCCNC(CCOc1ccccc1)c1cnccn1. The minimum atomic E-state index is 0.187. The van der Waals surface area contributed by atoms with Crippen molar-refractivity contribution < 1.29 is 4.74 Å². The van der Waals surface area contributed by atoms with E-state index in [0.29, 0.717) is 6.61 Å². The highest BCUT2D eigenvalue weighted by atomic mass is 16.5. The van der Waals surface area contributed by atoms with Gasteiger partial charge in [0.2, 0.25) is 0 Å². The molecule has 0 amide bonds. The van der Waals surface area contributed by atoms with Gasteiger partial charge in [-0.2, -0.15) is 0 Å². The zero-order chi connectivity index (χ0) is 14.0. The molecule has 1 N–H and O–H groups in total. The van der Waals surface area contributed by atoms with Crippen LogP contribution in [0.2, 0.25) is 0 Å². The molecule has 1 heterocycles. The molecule has 0 spiro atoms. The molecule has 0 saturated heterocycles. The van der Waals surface area contributed by atoms with E-state index in [1.54, 1.807) is 12.4 Å². The quantitative estimate of drug-likeness (QED) is 0.802. The molecular formula is C16H21N3O. The van der Waals surface area contributed by atoms with E-state index in [9.17, 15) is 0 Å². The summed E-state index contributed by atoms with van der Waals surface area (Å²) in [7, 11) is 0. The van der Waals surface area contributed by atoms with Crippen LogP contribution in [0.15, 0.2) is 48.9 Å². The standard InChI is InChI=1S/C16H21N3O/c1-2-9-18-15(16-13-17-10-11-19-16)8-12-20-14-6-4-3-5-7-14/h3-7,10-11,13,15,18H,2,8-9,12H2,1H3. The summed E-state index contributed by atoms with van der Waals surface area (Å²) < 4.78 is 5.75. The van der Waals surface area contributed by atoms with Gasteiger partial charge in [-0.3, -0.25) is 9.97 Å². The maximum Gasteiger partial charge on any atom is 0.119 e. The summed E-state index contributed by atoms with van der Waals surface area (Å²) in [4.78, 5) is 8.51. The van der Waals surface area contributed by atoms with Gasteiger partial charge in [-0.15, -0.1) is 0 Å². The van der Waals surface area contributed by atoms with Crippen molar-refractivity contribution in [1.82, 2.24) is 15.3 Å². The van der Waals surface area contributed by atoms with Crippen LogP contribution in [0.25, 0.3) is 0 Å². The van der Waals surface area contributed by atoms with Gasteiger partial charge in [0.05, 0.1) is 18.3 Å². The molecule has 1 unspecified atom stereocenters. The summed E-state index contributed by atoms with van der Waals surface area (Å²) in [6.45, 7) is 3.77. The first-order valence-electron chi connectivity index (χ1n) is 7.07. The number of hydrogen-bond acceptors (Lipinski definition) is 4. The predicted molar refractivity (Wildman–Crippen MR) is 79.6 cm³/mol. The van der Waals surface area contributed by atoms with E-state index in [1.165, 1.54) is 0 Å². The number of nitrogens with zero attached hydrogens (tertiary/aromatic N) is 2. The average Bonchev–Trinajstić information content (AvgIpc) is 2.52. The molecule has 4 heteroatoms. The van der Waals surface area contributed by atoms with E-state index >= 15 is 0 Å². The van der Waals surface area contributed by atoms with Crippen LogP contribution in [0, 0.1) is 0 Å². The topological polar surface area (TPSA) is 47.0 Å². The highest BCUT2D eigenvalue weighted by Crippen LogP contribution is 2.15. The Morgan fingerprint density at radius 3 is 2.75 bits per heavy atom. The smallest absolute Gasteiger partial charge is 0.119 e. The van der Waals surface area contributed by atoms with Crippen LogP contribution in [0.3, 0.4) is 0 Å². The zero-order valence-corrected chi connectivity index (χ0v) is 11.8. The molecule has 20 heavy (non-hydrogen) atoms. The van der Waals surface area contributed by atoms with Crippen molar-refractivity contribution >= 4 is 0 Å². The second-order valence-electron chi connectivity index (χ2n) is 4.59. The van der Waals surface area contributed by atoms with Crippen molar-refractivity contribution in [3.63, 3.8) is 0 Å². The lowest BCUT2D eigenvalue weighted by Gasteiger charge is -2.17. The number of para-hydroxylation sites is 1. The number of hydrogen-bond donors (Lipinski definition) is 1. The summed E-state index contributed by atoms with van der Waals surface area (Å²) in [5.74, 6) is 0.904. The molecule has 1 aromatic heterocycles. The van der Waals surface area contributed by atoms with Crippen molar-refractivity contribution in [3.8, 4) is 5.75 Å². The average molecular weight is 271 g/mol. The Kier molecular flexibility index (Phi) is 5.99. The molecular weight excluding hydrogens is 250 g/mol. The van der Waals surface area contributed by atoms with Gasteiger partial charge in [0.1, 0.15) is 5.75 Å². The first-order chi connectivity index (χ1) is 9.90. The highest BCUT2D eigenvalue weighted by Gasteiger charge is 2.12. The largest absolute Gasteiger partial charge is 0.494 e. The van der Waals surface area contributed by atoms with Crippen molar-refractivity contribution in [2.24, 2.45) is 0 Å². The third-order valence-electron chi connectivity index (χ3n) is 3.00. The molecule has 0 saturated carbocycles. The number of rotatable bonds is 8. The lowest BCUT2D eigenvalue weighted by molar-refractivity contribution is 0.285. The van der Waals surface area contributed by atoms with Gasteiger partial charge in [0, 0.05) is 25.0 Å². The molecule has 0 bridgehead atoms. The van der Waals surface area contributed by atoms with Crippen LogP contribution in [0.4, 0.5) is 0 Å². The van der Waals surface area contributed by atoms with E-state index in [2.05, 4.69) is 22.2 Å². The Hall–Kier alpha value is -1.94. The maximum atomic E-state index is 5.75. The molecule has 2 aromatic rings. The van der Waals surface area contributed by atoms with Crippen LogP contribution >= 0.6 is 0 Å². The molecule has 2 rings (SSSR count). The van der Waals surface area contributed by atoms with Crippen LogP contribution in [-0.4, -0.2) is 23.1 Å². The van der Waals surface area contributed by atoms with Crippen LogP contribution in [0.1, 0.15) is 31.5 Å². The van der Waals surface area contributed by atoms with Crippen LogP contribution in [0.5, 0.6) is 5.75 Å². The molecule has 0 aliphatic rings. The van der Waals surface area contributed by atoms with Crippen molar-refractivity contribution in [3.05, 3.63) is 54.6 Å². The van der Waals surface area contributed by atoms with Gasteiger partial charge in [-0.05, 0) is 25.1 Å². The van der Waals surface area contributed by atoms with E-state index in [0.717, 1.165) is 30.8 Å². The molecule has 0 fully saturated rings. The van der Waals surface area contributed by atoms with Crippen molar-refractivity contribution in [2.45, 2.75) is 25.8 Å². The van der Waals surface area contributed by atoms with E-state index in [4.69, 9.17) is 4.74 Å². The predicted octanol–water partition coefficient (Wildman–Crippen LogP) is 2.99. The fourth-order valence-corrected chi connectivity index (χ4v) is 1.97. The first kappa shape index (κ1) is 14.5. The van der Waals surface area contributed by atoms with Gasteiger partial charge >= 0.3 is 0 Å². The molecule has 1 aromatic carbocycles. The monoisotopic (exact) mass is 271 g/mol. The third kappa shape index (κ3) is 4.63. The number of ether oxygens (including phenoxy) is 1. The molecule has 0 radical (unpaired) electrons. The van der Waals surface area contributed by atoms with Crippen LogP contribution < -0.4 is 10.1 Å². The van der Waals surface area contributed by atoms with E-state index in [-0.39, 0.29) is 6.04 Å². The van der Waals surface area contributed by atoms with E-state index < -0.39 is 0 Å². The Morgan fingerprint density at radius 2 is 2.05 bits per heavy atom. The number of nitrogens with one attached hydrogen (secondary N) is 1. The molecule has 0 aliphatic heterocycles. The summed E-state index contributed by atoms with van der Waals surface area (Å²) in [5, 5.41) is 3.49. The van der Waals surface area contributed by atoms with Gasteiger partial charge in [0.15, 0.2) is 0 Å². The van der Waals surface area contributed by atoms with Crippen LogP contribution in [-0.2, 0) is 0 Å². The first-order valence-corrected chi connectivity index (χ1v) is 7.07. The fraction of sp³-hybridized carbons (Fsp3) is 0.375. The number of aromatic nitrogens is 2. The summed E-state index contributed by atoms with van der Waals surface area (Å²) >= 11 is 0. The van der Waals surface area contributed by atoms with Gasteiger partial charge in [-0.1, -0.05) is 25.1 Å². The Balaban J connectivity index is 1.88. The molecule has 0 aliphatic carbocycles. The fourth-order valence-electron chi connectivity index (χ4n) is 1.97. The van der Waals surface area contributed by atoms with E-state index in [1.807, 2.05) is 36.5 Å². The maximum absolute atomic E-state index is 5.75. The Labute approximate surface area is 120 Å². The lowest BCUT2D eigenvalue weighted by Crippen LogP contribution is -2.25. The summed E-state index contributed by atoms with van der Waals surface area (Å²) in [5.41, 5.74) is 0.970. The van der Waals surface area contributed by atoms with Gasteiger partial charge in [-0.25, -0.2) is 0 Å². The minimum Gasteiger partial charge on any atom is -0.494 e. The highest BCUT2D eigenvalue weighted by molar-refractivity contribution is 5.20. The molecule has 1 atom stereocenters.